The summed E-state index contributed by atoms with van der Waals surface area (Å²) in [6.07, 6.45) is 3.17. The molecule has 0 saturated carbocycles. The topological polar surface area (TPSA) is 66.2 Å². The van der Waals surface area contributed by atoms with Gasteiger partial charge in [-0.3, -0.25) is 4.68 Å². The number of pyridine rings is 1. The molecule has 7 heteroatoms. The van der Waals surface area contributed by atoms with E-state index in [2.05, 4.69) is 20.3 Å². The van der Waals surface area contributed by atoms with Crippen LogP contribution in [0, 0.1) is 6.92 Å². The van der Waals surface area contributed by atoms with E-state index in [1.54, 1.807) is 10.9 Å². The number of halogens is 1. The minimum Gasteiger partial charge on any atom is -0.393 e. The monoisotopic (exact) mass is 335 g/mol. The Kier molecular flexibility index (Phi) is 4.73. The molecule has 1 aliphatic heterocycles. The fourth-order valence-electron chi connectivity index (χ4n) is 2.92. The van der Waals surface area contributed by atoms with E-state index in [4.69, 9.17) is 11.6 Å². The van der Waals surface area contributed by atoms with Crippen LogP contribution >= 0.6 is 11.6 Å². The first-order valence-corrected chi connectivity index (χ1v) is 8.24. The summed E-state index contributed by atoms with van der Waals surface area (Å²) in [4.78, 5) is 6.73. The van der Waals surface area contributed by atoms with Crippen LogP contribution in [0.4, 0.5) is 11.5 Å². The summed E-state index contributed by atoms with van der Waals surface area (Å²) in [5, 5.41) is 18.1. The van der Waals surface area contributed by atoms with Gasteiger partial charge in [-0.2, -0.15) is 5.10 Å². The number of nitrogens with one attached hydrogen (secondary N) is 1. The van der Waals surface area contributed by atoms with Crippen LogP contribution in [-0.4, -0.2) is 39.1 Å². The van der Waals surface area contributed by atoms with Gasteiger partial charge in [-0.15, -0.1) is 0 Å². The maximum absolute atomic E-state index is 9.67. The lowest BCUT2D eigenvalue weighted by Crippen LogP contribution is -2.36. The highest BCUT2D eigenvalue weighted by atomic mass is 35.5. The first kappa shape index (κ1) is 16.1. The lowest BCUT2D eigenvalue weighted by molar-refractivity contribution is 0.145. The maximum atomic E-state index is 9.67. The molecule has 124 valence electrons. The van der Waals surface area contributed by atoms with Crippen molar-refractivity contribution >= 4 is 23.1 Å². The van der Waals surface area contributed by atoms with Crippen molar-refractivity contribution < 1.29 is 5.11 Å². The Balaban J connectivity index is 1.76. The number of nitrogens with zero attached hydrogens (tertiary/aromatic N) is 4. The number of piperidine rings is 1. The number of aliphatic hydroxyl groups excluding tert-OH is 1. The van der Waals surface area contributed by atoms with Crippen molar-refractivity contribution in [1.29, 1.82) is 0 Å². The van der Waals surface area contributed by atoms with E-state index in [1.165, 1.54) is 0 Å². The van der Waals surface area contributed by atoms with Gasteiger partial charge in [0.05, 0.1) is 34.7 Å². The molecule has 1 saturated heterocycles. The van der Waals surface area contributed by atoms with Crippen LogP contribution < -0.4 is 10.2 Å². The largest absolute Gasteiger partial charge is 0.393 e. The second-order valence-corrected chi connectivity index (χ2v) is 6.29. The van der Waals surface area contributed by atoms with E-state index in [0.29, 0.717) is 11.6 Å². The van der Waals surface area contributed by atoms with Crippen molar-refractivity contribution in [2.24, 2.45) is 7.05 Å². The SMILES string of the molecule is Cc1nn(C)c(CNc2cccnc2N2CCC(O)CC2)c1Cl. The van der Waals surface area contributed by atoms with Crippen LogP contribution in [0.2, 0.25) is 5.02 Å². The van der Waals surface area contributed by atoms with Crippen LogP contribution in [0.1, 0.15) is 24.2 Å². The van der Waals surface area contributed by atoms with Gasteiger partial charge >= 0.3 is 0 Å². The van der Waals surface area contributed by atoms with Crippen molar-refractivity contribution in [3.63, 3.8) is 0 Å². The summed E-state index contributed by atoms with van der Waals surface area (Å²) in [5.74, 6) is 0.925. The molecule has 2 N–H and O–H groups in total. The zero-order chi connectivity index (χ0) is 16.4. The van der Waals surface area contributed by atoms with Gasteiger partial charge in [0.1, 0.15) is 0 Å². The molecule has 0 aliphatic carbocycles. The molecule has 3 rings (SSSR count). The molecule has 0 amide bonds. The van der Waals surface area contributed by atoms with Crippen LogP contribution in [0.25, 0.3) is 0 Å². The summed E-state index contributed by atoms with van der Waals surface area (Å²) in [5.41, 5.74) is 2.76. The number of hydrogen-bond acceptors (Lipinski definition) is 5. The predicted molar refractivity (Wildman–Crippen MR) is 92.0 cm³/mol. The molecule has 0 radical (unpaired) electrons. The quantitative estimate of drug-likeness (QED) is 0.897. The van der Waals surface area contributed by atoms with Gasteiger partial charge in [-0.25, -0.2) is 4.98 Å². The highest BCUT2D eigenvalue weighted by Crippen LogP contribution is 2.27. The maximum Gasteiger partial charge on any atom is 0.151 e. The average Bonchev–Trinajstić information content (AvgIpc) is 2.79. The number of aliphatic hydroxyl groups is 1. The summed E-state index contributed by atoms with van der Waals surface area (Å²) in [6.45, 7) is 4.13. The van der Waals surface area contributed by atoms with Crippen molar-refractivity contribution in [3.05, 3.63) is 34.7 Å². The second kappa shape index (κ2) is 6.76. The summed E-state index contributed by atoms with van der Waals surface area (Å²) in [7, 11) is 1.89. The van der Waals surface area contributed by atoms with Gasteiger partial charge in [0.25, 0.3) is 0 Å². The van der Waals surface area contributed by atoms with Gasteiger partial charge < -0.3 is 15.3 Å². The molecular formula is C16H22ClN5O. The number of hydrogen-bond donors (Lipinski definition) is 2. The van der Waals surface area contributed by atoms with E-state index in [9.17, 15) is 5.11 Å². The highest BCUT2D eigenvalue weighted by Gasteiger charge is 2.20. The van der Waals surface area contributed by atoms with Gasteiger partial charge in [-0.05, 0) is 31.9 Å². The first-order chi connectivity index (χ1) is 11.1. The lowest BCUT2D eigenvalue weighted by Gasteiger charge is -2.31. The first-order valence-electron chi connectivity index (χ1n) is 7.86. The van der Waals surface area contributed by atoms with E-state index in [1.807, 2.05) is 26.1 Å². The third-order valence-corrected chi connectivity index (χ3v) is 4.75. The Hall–Kier alpha value is -1.79. The smallest absolute Gasteiger partial charge is 0.151 e. The van der Waals surface area contributed by atoms with Gasteiger partial charge in [0.2, 0.25) is 0 Å². The summed E-state index contributed by atoms with van der Waals surface area (Å²) < 4.78 is 1.80. The van der Waals surface area contributed by atoms with E-state index in [-0.39, 0.29) is 6.10 Å². The molecular weight excluding hydrogens is 314 g/mol. The molecule has 0 unspecified atom stereocenters. The van der Waals surface area contributed by atoms with Gasteiger partial charge in [-0.1, -0.05) is 11.6 Å². The van der Waals surface area contributed by atoms with Crippen LogP contribution in [0.15, 0.2) is 18.3 Å². The Morgan fingerprint density at radius 2 is 2.13 bits per heavy atom. The van der Waals surface area contributed by atoms with Gasteiger partial charge in [0.15, 0.2) is 5.82 Å². The molecule has 2 aromatic heterocycles. The molecule has 2 aromatic rings. The molecule has 0 aromatic carbocycles. The normalized spacial score (nSPS) is 15.9. The van der Waals surface area contributed by atoms with Crippen molar-refractivity contribution in [3.8, 4) is 0 Å². The van der Waals surface area contributed by atoms with Crippen molar-refractivity contribution in [2.75, 3.05) is 23.3 Å². The van der Waals surface area contributed by atoms with Gasteiger partial charge in [0, 0.05) is 26.3 Å². The van der Waals surface area contributed by atoms with Crippen LogP contribution in [0.3, 0.4) is 0 Å². The Bertz CT molecular complexity index is 679. The molecule has 1 aliphatic rings. The number of aryl methyl sites for hydroxylation is 2. The van der Waals surface area contributed by atoms with Crippen LogP contribution in [-0.2, 0) is 13.6 Å². The Morgan fingerprint density at radius 3 is 2.78 bits per heavy atom. The molecule has 1 fully saturated rings. The fourth-order valence-corrected chi connectivity index (χ4v) is 3.14. The van der Waals surface area contributed by atoms with Crippen LogP contribution in [0.5, 0.6) is 0 Å². The molecule has 0 spiro atoms. The molecule has 0 atom stereocenters. The van der Waals surface area contributed by atoms with E-state index in [0.717, 1.165) is 48.8 Å². The third-order valence-electron chi connectivity index (χ3n) is 4.26. The molecule has 23 heavy (non-hydrogen) atoms. The highest BCUT2D eigenvalue weighted by molar-refractivity contribution is 6.31. The summed E-state index contributed by atoms with van der Waals surface area (Å²) in [6, 6.07) is 3.94. The van der Waals surface area contributed by atoms with E-state index < -0.39 is 0 Å². The number of aromatic nitrogens is 3. The zero-order valence-electron chi connectivity index (χ0n) is 13.5. The summed E-state index contributed by atoms with van der Waals surface area (Å²) >= 11 is 6.31. The number of anilines is 2. The van der Waals surface area contributed by atoms with E-state index >= 15 is 0 Å². The molecule has 6 nitrogen and oxygen atoms in total. The lowest BCUT2D eigenvalue weighted by atomic mass is 10.1. The Morgan fingerprint density at radius 1 is 1.39 bits per heavy atom. The third kappa shape index (κ3) is 3.43. The molecule has 0 bridgehead atoms. The zero-order valence-corrected chi connectivity index (χ0v) is 14.2. The van der Waals surface area contributed by atoms with Crippen molar-refractivity contribution in [1.82, 2.24) is 14.8 Å². The fraction of sp³-hybridized carbons (Fsp3) is 0.500. The minimum absolute atomic E-state index is 0.192. The molecule has 3 heterocycles. The minimum atomic E-state index is -0.192. The van der Waals surface area contributed by atoms with Crippen molar-refractivity contribution in [2.45, 2.75) is 32.4 Å². The number of rotatable bonds is 4. The predicted octanol–water partition coefficient (Wildman–Crippen LogP) is 2.35. The second-order valence-electron chi connectivity index (χ2n) is 5.92. The average molecular weight is 336 g/mol. The Labute approximate surface area is 141 Å². The standard InChI is InChI=1S/C16H22ClN5O/c1-11-15(17)14(21(2)20-11)10-19-13-4-3-7-18-16(13)22-8-5-12(23)6-9-22/h3-4,7,12,19,23H,5-6,8-10H2,1-2H3.